The van der Waals surface area contributed by atoms with Gasteiger partial charge in [0.2, 0.25) is 0 Å². The van der Waals surface area contributed by atoms with Gasteiger partial charge in [0.1, 0.15) is 5.84 Å². The van der Waals surface area contributed by atoms with E-state index in [1.165, 1.54) is 0 Å². The van der Waals surface area contributed by atoms with Crippen LogP contribution in [0.3, 0.4) is 0 Å². The Labute approximate surface area is 130 Å². The molecule has 0 spiro atoms. The van der Waals surface area contributed by atoms with E-state index in [0.717, 1.165) is 32.7 Å². The molecule has 0 aliphatic carbocycles. The number of nitrogens with two attached hydrogens (primary N) is 1. The Morgan fingerprint density at radius 2 is 1.95 bits per heavy atom. The SMILES string of the molecule is CCN1CCN(C(=O)c2ccccc2N=C(N)CCl)CC1. The number of benzene rings is 1. The van der Waals surface area contributed by atoms with Crippen molar-refractivity contribution in [1.29, 1.82) is 0 Å². The number of hydrogen-bond acceptors (Lipinski definition) is 3. The first-order valence-corrected chi connectivity index (χ1v) is 7.68. The summed E-state index contributed by atoms with van der Waals surface area (Å²) in [6.45, 7) is 6.48. The number of carbonyl (C=O) groups excluding carboxylic acids is 1. The second kappa shape index (κ2) is 7.43. The van der Waals surface area contributed by atoms with Crippen LogP contribution in [-0.2, 0) is 0 Å². The summed E-state index contributed by atoms with van der Waals surface area (Å²) >= 11 is 5.66. The molecule has 0 bridgehead atoms. The molecule has 0 aromatic heterocycles. The number of aliphatic imine (C=N–C) groups is 1. The van der Waals surface area contributed by atoms with Crippen LogP contribution in [0.2, 0.25) is 0 Å². The molecule has 1 amide bonds. The molecule has 1 aromatic rings. The number of hydrogen-bond donors (Lipinski definition) is 1. The number of alkyl halides is 1. The fourth-order valence-corrected chi connectivity index (χ4v) is 2.43. The van der Waals surface area contributed by atoms with Crippen LogP contribution < -0.4 is 5.73 Å². The fourth-order valence-electron chi connectivity index (χ4n) is 2.37. The number of halogens is 1. The minimum atomic E-state index is 0.00692. The van der Waals surface area contributed by atoms with Gasteiger partial charge in [-0.15, -0.1) is 11.6 Å². The van der Waals surface area contributed by atoms with Gasteiger partial charge in [0.05, 0.1) is 17.1 Å². The van der Waals surface area contributed by atoms with E-state index in [9.17, 15) is 4.79 Å². The molecule has 0 atom stereocenters. The predicted octanol–water partition coefficient (Wildman–Crippen LogP) is 1.69. The van der Waals surface area contributed by atoms with Crippen molar-refractivity contribution in [3.05, 3.63) is 29.8 Å². The highest BCUT2D eigenvalue weighted by Crippen LogP contribution is 2.21. The fraction of sp³-hybridized carbons (Fsp3) is 0.467. The number of rotatable bonds is 4. The van der Waals surface area contributed by atoms with E-state index in [2.05, 4.69) is 16.8 Å². The number of amidine groups is 1. The molecular weight excluding hydrogens is 288 g/mol. The largest absolute Gasteiger partial charge is 0.386 e. The van der Waals surface area contributed by atoms with Gasteiger partial charge in [0.25, 0.3) is 5.91 Å². The Bertz CT molecular complexity index is 524. The Morgan fingerprint density at radius 1 is 1.29 bits per heavy atom. The van der Waals surface area contributed by atoms with Crippen LogP contribution in [0.5, 0.6) is 0 Å². The molecule has 6 heteroatoms. The van der Waals surface area contributed by atoms with E-state index in [1.807, 2.05) is 17.0 Å². The van der Waals surface area contributed by atoms with E-state index in [0.29, 0.717) is 17.1 Å². The molecule has 2 N–H and O–H groups in total. The number of piperazine rings is 1. The molecule has 0 unspecified atom stereocenters. The van der Waals surface area contributed by atoms with Crippen LogP contribution in [0.15, 0.2) is 29.3 Å². The van der Waals surface area contributed by atoms with Crippen molar-refractivity contribution >= 4 is 29.0 Å². The zero-order valence-corrected chi connectivity index (χ0v) is 13.0. The molecule has 114 valence electrons. The molecule has 1 aromatic carbocycles. The Morgan fingerprint density at radius 3 is 2.57 bits per heavy atom. The first-order valence-electron chi connectivity index (χ1n) is 7.15. The minimum Gasteiger partial charge on any atom is -0.386 e. The Balaban J connectivity index is 2.16. The summed E-state index contributed by atoms with van der Waals surface area (Å²) in [7, 11) is 0. The molecule has 1 aliphatic rings. The zero-order chi connectivity index (χ0) is 15.2. The molecule has 5 nitrogen and oxygen atoms in total. The molecular formula is C15H21ClN4O. The van der Waals surface area contributed by atoms with Gasteiger partial charge in [-0.3, -0.25) is 4.79 Å². The van der Waals surface area contributed by atoms with Crippen molar-refractivity contribution in [3.63, 3.8) is 0 Å². The summed E-state index contributed by atoms with van der Waals surface area (Å²) in [5.74, 6) is 0.470. The normalized spacial score (nSPS) is 17.0. The van der Waals surface area contributed by atoms with Crippen LogP contribution in [0.25, 0.3) is 0 Å². The monoisotopic (exact) mass is 308 g/mol. The van der Waals surface area contributed by atoms with Crippen molar-refractivity contribution in [2.24, 2.45) is 10.7 Å². The van der Waals surface area contributed by atoms with Gasteiger partial charge in [-0.25, -0.2) is 4.99 Å². The second-order valence-electron chi connectivity index (χ2n) is 4.98. The second-order valence-corrected chi connectivity index (χ2v) is 5.25. The third-order valence-electron chi connectivity index (χ3n) is 3.64. The molecule has 1 heterocycles. The van der Waals surface area contributed by atoms with E-state index in [-0.39, 0.29) is 11.8 Å². The van der Waals surface area contributed by atoms with Crippen LogP contribution in [0.4, 0.5) is 5.69 Å². The van der Waals surface area contributed by atoms with Gasteiger partial charge >= 0.3 is 0 Å². The molecule has 1 saturated heterocycles. The van der Waals surface area contributed by atoms with Crippen molar-refractivity contribution in [3.8, 4) is 0 Å². The predicted molar refractivity (Wildman–Crippen MR) is 86.5 cm³/mol. The summed E-state index contributed by atoms with van der Waals surface area (Å²) in [5.41, 5.74) is 6.84. The maximum Gasteiger partial charge on any atom is 0.256 e. The third kappa shape index (κ3) is 3.95. The maximum atomic E-state index is 12.6. The van der Waals surface area contributed by atoms with Crippen LogP contribution in [0, 0.1) is 0 Å². The molecule has 2 rings (SSSR count). The average Bonchev–Trinajstić information content (AvgIpc) is 2.54. The zero-order valence-electron chi connectivity index (χ0n) is 12.3. The lowest BCUT2D eigenvalue weighted by Crippen LogP contribution is -2.48. The highest BCUT2D eigenvalue weighted by molar-refractivity contribution is 6.28. The highest BCUT2D eigenvalue weighted by Gasteiger charge is 2.22. The average molecular weight is 309 g/mol. The van der Waals surface area contributed by atoms with Crippen LogP contribution in [0.1, 0.15) is 17.3 Å². The number of amides is 1. The molecule has 1 fully saturated rings. The van der Waals surface area contributed by atoms with Crippen molar-refractivity contribution in [2.75, 3.05) is 38.6 Å². The third-order valence-corrected chi connectivity index (χ3v) is 3.92. The minimum absolute atomic E-state index is 0.00692. The summed E-state index contributed by atoms with van der Waals surface area (Å²) in [6.07, 6.45) is 0. The first kappa shape index (κ1) is 15.8. The molecule has 21 heavy (non-hydrogen) atoms. The van der Waals surface area contributed by atoms with Crippen molar-refractivity contribution in [2.45, 2.75) is 6.92 Å². The summed E-state index contributed by atoms with van der Waals surface area (Å²) < 4.78 is 0. The molecule has 0 saturated carbocycles. The van der Waals surface area contributed by atoms with Gasteiger partial charge in [-0.2, -0.15) is 0 Å². The summed E-state index contributed by atoms with van der Waals surface area (Å²) in [6, 6.07) is 7.25. The lowest BCUT2D eigenvalue weighted by atomic mass is 10.1. The van der Waals surface area contributed by atoms with E-state index >= 15 is 0 Å². The van der Waals surface area contributed by atoms with Crippen molar-refractivity contribution < 1.29 is 4.79 Å². The van der Waals surface area contributed by atoms with E-state index in [4.69, 9.17) is 17.3 Å². The number of carbonyl (C=O) groups is 1. The lowest BCUT2D eigenvalue weighted by molar-refractivity contribution is 0.0644. The van der Waals surface area contributed by atoms with Gasteiger partial charge in [0, 0.05) is 26.2 Å². The number of para-hydroxylation sites is 1. The smallest absolute Gasteiger partial charge is 0.256 e. The standard InChI is InChI=1S/C15H21ClN4O/c1-2-19-7-9-20(10-8-19)15(21)12-5-3-4-6-13(12)18-14(17)11-16/h3-6H,2,7-11H2,1H3,(H2,17,18). The summed E-state index contributed by atoms with van der Waals surface area (Å²) in [4.78, 5) is 21.1. The first-order chi connectivity index (χ1) is 10.2. The maximum absolute atomic E-state index is 12.6. The Kier molecular flexibility index (Phi) is 5.59. The lowest BCUT2D eigenvalue weighted by Gasteiger charge is -2.34. The number of nitrogens with zero attached hydrogens (tertiary/aromatic N) is 3. The highest BCUT2D eigenvalue weighted by atomic mass is 35.5. The van der Waals surface area contributed by atoms with Crippen LogP contribution in [-0.4, -0.2) is 60.1 Å². The molecule has 0 radical (unpaired) electrons. The number of likely N-dealkylation sites (N-methyl/N-ethyl adjacent to an activating group) is 1. The van der Waals surface area contributed by atoms with E-state index < -0.39 is 0 Å². The topological polar surface area (TPSA) is 61.9 Å². The van der Waals surface area contributed by atoms with Crippen molar-refractivity contribution in [1.82, 2.24) is 9.80 Å². The molecule has 1 aliphatic heterocycles. The quantitative estimate of drug-likeness (QED) is 0.523. The van der Waals surface area contributed by atoms with Gasteiger partial charge in [-0.05, 0) is 18.7 Å². The van der Waals surface area contributed by atoms with Gasteiger partial charge in [-0.1, -0.05) is 19.1 Å². The van der Waals surface area contributed by atoms with Gasteiger partial charge in [0.15, 0.2) is 0 Å². The summed E-state index contributed by atoms with van der Waals surface area (Å²) in [5, 5.41) is 0. The van der Waals surface area contributed by atoms with Crippen LogP contribution >= 0.6 is 11.6 Å². The van der Waals surface area contributed by atoms with E-state index in [1.54, 1.807) is 12.1 Å². The Hall–Kier alpha value is -1.59. The van der Waals surface area contributed by atoms with Gasteiger partial charge < -0.3 is 15.5 Å².